The second kappa shape index (κ2) is 7.06. The van der Waals surface area contributed by atoms with E-state index in [1.54, 1.807) is 0 Å². The van der Waals surface area contributed by atoms with Crippen LogP contribution in [0.2, 0.25) is 0 Å². The van der Waals surface area contributed by atoms with Crippen LogP contribution in [0.4, 0.5) is 4.79 Å². The van der Waals surface area contributed by atoms with E-state index in [0.717, 1.165) is 0 Å². The van der Waals surface area contributed by atoms with Crippen molar-refractivity contribution in [1.82, 2.24) is 0 Å². The van der Waals surface area contributed by atoms with Crippen LogP contribution in [0, 0.1) is 0 Å². The number of ether oxygens (including phenoxy) is 1. The summed E-state index contributed by atoms with van der Waals surface area (Å²) < 4.78 is 19.0. The summed E-state index contributed by atoms with van der Waals surface area (Å²) in [5.41, 5.74) is -1.30. The standard InChI is InChI=1S/C5H11O5P.Na/c1-3-9-5(6)11(7,8)10-4-2;/h3-4H2,1-2H3,(H,7,8);/q;+1/p-1. The number of carbonyl (C=O) groups is 1. The van der Waals surface area contributed by atoms with E-state index >= 15 is 0 Å². The average molecular weight is 204 g/mol. The van der Waals surface area contributed by atoms with E-state index in [4.69, 9.17) is 0 Å². The Hall–Kier alpha value is 0.620. The number of carbonyl (C=O) groups excluding carboxylic acids is 1. The molecular formula is C5H10NaO5P. The minimum atomic E-state index is -4.41. The summed E-state index contributed by atoms with van der Waals surface area (Å²) in [6, 6.07) is 0. The summed E-state index contributed by atoms with van der Waals surface area (Å²) in [7, 11) is -4.41. The third-order valence-corrected chi connectivity index (χ3v) is 1.96. The maximum absolute atomic E-state index is 10.7. The van der Waals surface area contributed by atoms with E-state index < -0.39 is 13.3 Å². The molecule has 0 aliphatic rings. The van der Waals surface area contributed by atoms with E-state index in [9.17, 15) is 14.3 Å². The van der Waals surface area contributed by atoms with Crippen LogP contribution >= 0.6 is 7.60 Å². The van der Waals surface area contributed by atoms with E-state index in [1.807, 2.05) is 0 Å². The molecule has 12 heavy (non-hydrogen) atoms. The number of hydrogen-bond donors (Lipinski definition) is 0. The van der Waals surface area contributed by atoms with Crippen LogP contribution in [0.15, 0.2) is 0 Å². The van der Waals surface area contributed by atoms with Gasteiger partial charge in [-0.15, -0.1) is 0 Å². The molecule has 0 fully saturated rings. The van der Waals surface area contributed by atoms with Gasteiger partial charge in [0.2, 0.25) is 7.60 Å². The third-order valence-electron chi connectivity index (χ3n) is 0.790. The molecule has 0 rings (SSSR count). The maximum Gasteiger partial charge on any atom is 1.00 e. The van der Waals surface area contributed by atoms with Crippen molar-refractivity contribution in [3.8, 4) is 0 Å². The van der Waals surface area contributed by atoms with Crippen LogP contribution in [-0.2, 0) is 13.8 Å². The van der Waals surface area contributed by atoms with Gasteiger partial charge in [-0.05, 0) is 13.8 Å². The van der Waals surface area contributed by atoms with Crippen LogP contribution in [0.1, 0.15) is 13.8 Å². The quantitative estimate of drug-likeness (QED) is 0.381. The number of hydrogen-bond acceptors (Lipinski definition) is 5. The van der Waals surface area contributed by atoms with Crippen molar-refractivity contribution in [2.75, 3.05) is 13.2 Å². The van der Waals surface area contributed by atoms with Crippen molar-refractivity contribution in [2.24, 2.45) is 0 Å². The molecule has 0 amide bonds. The molecule has 0 aromatic rings. The molecule has 1 unspecified atom stereocenters. The van der Waals surface area contributed by atoms with Gasteiger partial charge in [0.1, 0.15) is 0 Å². The fourth-order valence-corrected chi connectivity index (χ4v) is 1.16. The second-order valence-corrected chi connectivity index (χ2v) is 3.23. The SMILES string of the molecule is CCOC(=O)P(=O)([O-])OCC.[Na+]. The van der Waals surface area contributed by atoms with E-state index in [1.165, 1.54) is 13.8 Å². The second-order valence-electron chi connectivity index (χ2n) is 1.61. The molecule has 0 saturated carbocycles. The smallest absolute Gasteiger partial charge is 0.770 e. The fraction of sp³-hybridized carbons (Fsp3) is 0.800. The largest absolute Gasteiger partial charge is 1.00 e. The Morgan fingerprint density at radius 3 is 2.25 bits per heavy atom. The first-order valence-electron chi connectivity index (χ1n) is 3.17. The molecule has 5 nitrogen and oxygen atoms in total. The van der Waals surface area contributed by atoms with Gasteiger partial charge in [0.15, 0.2) is 0 Å². The predicted molar refractivity (Wildman–Crippen MR) is 36.3 cm³/mol. The molecule has 0 aliphatic heterocycles. The summed E-state index contributed by atoms with van der Waals surface area (Å²) in [4.78, 5) is 21.2. The van der Waals surface area contributed by atoms with Gasteiger partial charge in [-0.1, -0.05) is 0 Å². The van der Waals surface area contributed by atoms with Gasteiger partial charge in [0.05, 0.1) is 13.2 Å². The van der Waals surface area contributed by atoms with Gasteiger partial charge in [-0.3, -0.25) is 4.57 Å². The van der Waals surface area contributed by atoms with Crippen molar-refractivity contribution in [1.29, 1.82) is 0 Å². The minimum absolute atomic E-state index is 0. The van der Waals surface area contributed by atoms with Gasteiger partial charge >= 0.3 is 35.3 Å². The third kappa shape index (κ3) is 5.30. The average Bonchev–Trinajstić information content (AvgIpc) is 1.88. The summed E-state index contributed by atoms with van der Waals surface area (Å²) in [6.07, 6.45) is 0. The first kappa shape index (κ1) is 15.1. The molecule has 0 aromatic carbocycles. The van der Waals surface area contributed by atoms with E-state index in [-0.39, 0.29) is 42.8 Å². The molecule has 0 bridgehead atoms. The Labute approximate surface area is 93.3 Å². The van der Waals surface area contributed by atoms with E-state index in [0.29, 0.717) is 0 Å². The van der Waals surface area contributed by atoms with Crippen molar-refractivity contribution in [2.45, 2.75) is 13.8 Å². The zero-order valence-corrected chi connectivity index (χ0v) is 10.3. The van der Waals surface area contributed by atoms with Crippen molar-refractivity contribution in [3.05, 3.63) is 0 Å². The van der Waals surface area contributed by atoms with Gasteiger partial charge in [-0.25, -0.2) is 4.79 Å². The summed E-state index contributed by atoms with van der Waals surface area (Å²) >= 11 is 0. The molecule has 1 atom stereocenters. The topological polar surface area (TPSA) is 75.7 Å². The molecule has 0 spiro atoms. The van der Waals surface area contributed by atoms with Crippen LogP contribution in [0.5, 0.6) is 0 Å². The zero-order valence-electron chi connectivity index (χ0n) is 7.40. The maximum atomic E-state index is 10.7. The van der Waals surface area contributed by atoms with Gasteiger partial charge in [-0.2, -0.15) is 0 Å². The monoisotopic (exact) mass is 204 g/mol. The van der Waals surface area contributed by atoms with Crippen LogP contribution in [-0.4, -0.2) is 18.9 Å². The molecule has 0 aliphatic carbocycles. The molecule has 0 aromatic heterocycles. The zero-order chi connectivity index (χ0) is 8.91. The minimum Gasteiger partial charge on any atom is -0.770 e. The van der Waals surface area contributed by atoms with Crippen LogP contribution < -0.4 is 34.5 Å². The fourth-order valence-electron chi connectivity index (χ4n) is 0.425. The summed E-state index contributed by atoms with van der Waals surface area (Å²) in [5.74, 6) is 0. The van der Waals surface area contributed by atoms with Gasteiger partial charge in [0.25, 0.3) is 0 Å². The molecule has 0 heterocycles. The Balaban J connectivity index is 0. The first-order valence-corrected chi connectivity index (χ1v) is 4.71. The van der Waals surface area contributed by atoms with Crippen molar-refractivity contribution in [3.63, 3.8) is 0 Å². The Morgan fingerprint density at radius 1 is 1.42 bits per heavy atom. The normalized spacial score (nSPS) is 14.2. The molecule has 7 heteroatoms. The molecule has 0 N–H and O–H groups in total. The molecule has 66 valence electrons. The Morgan fingerprint density at radius 2 is 1.92 bits per heavy atom. The molecule has 0 saturated heterocycles. The Kier molecular flexibility index (Phi) is 8.89. The summed E-state index contributed by atoms with van der Waals surface area (Å²) in [5, 5.41) is 0. The van der Waals surface area contributed by atoms with Crippen LogP contribution in [0.3, 0.4) is 0 Å². The van der Waals surface area contributed by atoms with Crippen LogP contribution in [0.25, 0.3) is 0 Å². The first-order chi connectivity index (χ1) is 5.04. The van der Waals surface area contributed by atoms with Crippen molar-refractivity contribution >= 4 is 13.3 Å². The molecule has 0 radical (unpaired) electrons. The van der Waals surface area contributed by atoms with Gasteiger partial charge < -0.3 is 14.2 Å². The Bertz CT molecular complexity index is 183. The van der Waals surface area contributed by atoms with E-state index in [2.05, 4.69) is 9.26 Å². The van der Waals surface area contributed by atoms with Crippen molar-refractivity contribution < 1.29 is 53.1 Å². The predicted octanol–water partition coefficient (Wildman–Crippen LogP) is -2.26. The van der Waals surface area contributed by atoms with Gasteiger partial charge in [0, 0.05) is 0 Å². The number of rotatable bonds is 4. The molecular weight excluding hydrogens is 194 g/mol. The summed E-state index contributed by atoms with van der Waals surface area (Å²) in [6.45, 7) is 2.96.